The Balaban J connectivity index is 1.72. The van der Waals surface area contributed by atoms with Crippen LogP contribution in [0.2, 0.25) is 5.02 Å². The number of nitrogens with two attached hydrogens (primary N) is 1. The molecule has 180 valence electrons. The number of hydrogen-bond acceptors (Lipinski definition) is 5. The van der Waals surface area contributed by atoms with Gasteiger partial charge in [-0.2, -0.15) is 4.31 Å². The normalized spacial score (nSPS) is 14.9. The number of morpholine rings is 1. The number of benzene rings is 3. The second kappa shape index (κ2) is 9.04. The van der Waals surface area contributed by atoms with Crippen molar-refractivity contribution in [1.82, 2.24) is 14.3 Å². The molecule has 1 aliphatic heterocycles. The van der Waals surface area contributed by atoms with Gasteiger partial charge in [-0.05, 0) is 42.0 Å². The highest BCUT2D eigenvalue weighted by Gasteiger charge is 2.31. The molecular weight excluding hydrogens is 495 g/mol. The lowest BCUT2D eigenvalue weighted by molar-refractivity contribution is 0.0730. The fraction of sp³-hybridized carbons (Fsp3) is 0.167. The number of aromatic amines is 1. The molecule has 1 amide bonds. The van der Waals surface area contributed by atoms with Crippen molar-refractivity contribution in [3.8, 4) is 22.5 Å². The minimum absolute atomic E-state index is 0.0443. The highest BCUT2D eigenvalue weighted by molar-refractivity contribution is 7.89. The van der Waals surface area contributed by atoms with Crippen molar-refractivity contribution in [2.24, 2.45) is 5.73 Å². The van der Waals surface area contributed by atoms with Crippen LogP contribution >= 0.6 is 11.6 Å². The lowest BCUT2D eigenvalue weighted by Crippen LogP contribution is -2.40. The maximum absolute atomic E-state index is 14.9. The summed E-state index contributed by atoms with van der Waals surface area (Å²) in [5, 5.41) is -0.131. The van der Waals surface area contributed by atoms with E-state index in [1.165, 1.54) is 34.6 Å². The Labute approximate surface area is 205 Å². The first-order chi connectivity index (χ1) is 16.8. The van der Waals surface area contributed by atoms with Gasteiger partial charge >= 0.3 is 0 Å². The van der Waals surface area contributed by atoms with Crippen LogP contribution in [0.15, 0.2) is 59.5 Å². The van der Waals surface area contributed by atoms with Gasteiger partial charge in [0.25, 0.3) is 0 Å². The van der Waals surface area contributed by atoms with E-state index in [1.807, 2.05) is 18.2 Å². The maximum Gasteiger partial charge on any atom is 0.250 e. The van der Waals surface area contributed by atoms with Gasteiger partial charge in [-0.15, -0.1) is 0 Å². The maximum atomic E-state index is 14.9. The van der Waals surface area contributed by atoms with Crippen molar-refractivity contribution >= 4 is 38.6 Å². The highest BCUT2D eigenvalue weighted by Crippen LogP contribution is 2.39. The first kappa shape index (κ1) is 23.4. The van der Waals surface area contributed by atoms with Crippen LogP contribution in [0.25, 0.3) is 33.5 Å². The zero-order chi connectivity index (χ0) is 24.7. The molecule has 1 aliphatic rings. The number of nitrogens with zero attached hydrogens (tertiary/aromatic N) is 2. The number of amides is 1. The predicted octanol–water partition coefficient (Wildman–Crippen LogP) is 3.81. The Morgan fingerprint density at radius 2 is 1.86 bits per heavy atom. The molecule has 4 aromatic rings. The number of carbonyl (C=O) groups is 1. The summed E-state index contributed by atoms with van der Waals surface area (Å²) in [7, 11) is -4.01. The van der Waals surface area contributed by atoms with Crippen LogP contribution < -0.4 is 5.73 Å². The van der Waals surface area contributed by atoms with E-state index >= 15 is 0 Å². The van der Waals surface area contributed by atoms with Gasteiger partial charge in [-0.25, -0.2) is 17.8 Å². The van der Waals surface area contributed by atoms with E-state index in [-0.39, 0.29) is 58.7 Å². The van der Waals surface area contributed by atoms with Gasteiger partial charge in [0.2, 0.25) is 15.9 Å². The van der Waals surface area contributed by atoms with Crippen LogP contribution in [0, 0.1) is 5.82 Å². The van der Waals surface area contributed by atoms with Gasteiger partial charge in [0.15, 0.2) is 0 Å². The third kappa shape index (κ3) is 4.19. The summed E-state index contributed by atoms with van der Waals surface area (Å²) >= 11 is 6.57. The molecule has 1 aromatic heterocycles. The van der Waals surface area contributed by atoms with E-state index in [0.717, 1.165) is 5.52 Å². The number of ether oxygens (including phenoxy) is 1. The number of fused-ring (bicyclic) bond motifs is 1. The third-order valence-corrected chi connectivity index (χ3v) is 8.19. The molecule has 0 unspecified atom stereocenters. The zero-order valence-electron chi connectivity index (χ0n) is 18.3. The molecule has 1 fully saturated rings. The average molecular weight is 515 g/mol. The number of aromatic nitrogens is 2. The number of primary amides is 1. The second-order valence-corrected chi connectivity index (χ2v) is 10.3. The summed E-state index contributed by atoms with van der Waals surface area (Å²) in [5.41, 5.74) is 7.28. The van der Waals surface area contributed by atoms with Gasteiger partial charge in [0, 0.05) is 18.7 Å². The molecule has 0 bridgehead atoms. The minimum atomic E-state index is -4.01. The fourth-order valence-corrected chi connectivity index (χ4v) is 6.15. The molecule has 0 spiro atoms. The summed E-state index contributed by atoms with van der Waals surface area (Å²) in [6.45, 7) is 0.859. The summed E-state index contributed by atoms with van der Waals surface area (Å²) in [4.78, 5) is 19.4. The van der Waals surface area contributed by atoms with Gasteiger partial charge < -0.3 is 15.5 Å². The molecule has 3 N–H and O–H groups in total. The van der Waals surface area contributed by atoms with Crippen LogP contribution in [0.1, 0.15) is 10.4 Å². The highest BCUT2D eigenvalue weighted by atomic mass is 35.5. The first-order valence-electron chi connectivity index (χ1n) is 10.7. The van der Waals surface area contributed by atoms with Crippen LogP contribution in [-0.4, -0.2) is 54.9 Å². The van der Waals surface area contributed by atoms with E-state index in [1.54, 1.807) is 6.07 Å². The second-order valence-electron chi connectivity index (χ2n) is 7.98. The molecule has 0 saturated carbocycles. The number of carbonyl (C=O) groups excluding carboxylic acids is 1. The molecule has 0 aliphatic carbocycles. The Morgan fingerprint density at radius 1 is 1.11 bits per heavy atom. The number of halogens is 2. The first-order valence-corrected chi connectivity index (χ1v) is 12.5. The quantitative estimate of drug-likeness (QED) is 0.420. The van der Waals surface area contributed by atoms with Crippen LogP contribution in [0.4, 0.5) is 4.39 Å². The third-order valence-electron chi connectivity index (χ3n) is 5.86. The van der Waals surface area contributed by atoms with Crippen LogP contribution in [0.5, 0.6) is 0 Å². The summed E-state index contributed by atoms with van der Waals surface area (Å²) in [5.74, 6) is -1.11. The average Bonchev–Trinajstić information content (AvgIpc) is 3.28. The number of sulfonamides is 1. The molecular formula is C24H20ClFN4O4S. The van der Waals surface area contributed by atoms with Crippen molar-refractivity contribution in [3.63, 3.8) is 0 Å². The minimum Gasteiger partial charge on any atom is -0.379 e. The zero-order valence-corrected chi connectivity index (χ0v) is 19.9. The van der Waals surface area contributed by atoms with Crippen molar-refractivity contribution in [2.75, 3.05) is 26.3 Å². The number of nitrogens with one attached hydrogen (secondary N) is 1. The largest absolute Gasteiger partial charge is 0.379 e. The van der Waals surface area contributed by atoms with Crippen molar-refractivity contribution in [2.45, 2.75) is 4.90 Å². The van der Waals surface area contributed by atoms with Gasteiger partial charge in [0.05, 0.1) is 45.3 Å². The van der Waals surface area contributed by atoms with Crippen LogP contribution in [-0.2, 0) is 14.8 Å². The molecule has 3 aromatic carbocycles. The summed E-state index contributed by atoms with van der Waals surface area (Å²) in [6.07, 6.45) is 0. The SMILES string of the molecule is NC(=O)c1ccc(S(=O)(=O)N2CCOCC2)c(-c2ccc(F)c(-c3nc4ccccc4[nH]3)c2)c1Cl. The number of H-pyrrole nitrogens is 1. The molecule has 2 heterocycles. The van der Waals surface area contributed by atoms with E-state index in [0.29, 0.717) is 11.1 Å². The monoisotopic (exact) mass is 514 g/mol. The molecule has 5 rings (SSSR count). The number of para-hydroxylation sites is 2. The smallest absolute Gasteiger partial charge is 0.250 e. The van der Waals surface area contributed by atoms with E-state index in [9.17, 15) is 17.6 Å². The molecule has 11 heteroatoms. The molecule has 1 saturated heterocycles. The van der Waals surface area contributed by atoms with E-state index in [2.05, 4.69) is 9.97 Å². The summed E-state index contributed by atoms with van der Waals surface area (Å²) < 4.78 is 48.6. The number of imidazole rings is 1. The lowest BCUT2D eigenvalue weighted by atomic mass is 10.00. The Kier molecular flexibility index (Phi) is 6.06. The fourth-order valence-electron chi connectivity index (χ4n) is 4.10. The van der Waals surface area contributed by atoms with Crippen molar-refractivity contribution in [3.05, 3.63) is 71.0 Å². The van der Waals surface area contributed by atoms with E-state index < -0.39 is 21.7 Å². The standard InChI is InChI=1S/C24H20ClFN4O4S/c25-22-15(23(27)31)6-8-20(35(32,33)30-9-11-34-12-10-30)21(22)14-5-7-17(26)16(13-14)24-28-18-3-1-2-4-19(18)29-24/h1-8,13H,9-12H2,(H2,27,31)(H,28,29). The van der Waals surface area contributed by atoms with Crippen molar-refractivity contribution in [1.29, 1.82) is 0 Å². The van der Waals surface area contributed by atoms with Gasteiger partial charge in [-0.1, -0.05) is 29.8 Å². The number of hydrogen-bond donors (Lipinski definition) is 2. The molecule has 0 radical (unpaired) electrons. The molecule has 35 heavy (non-hydrogen) atoms. The molecule has 8 nitrogen and oxygen atoms in total. The van der Waals surface area contributed by atoms with Crippen LogP contribution in [0.3, 0.4) is 0 Å². The van der Waals surface area contributed by atoms with E-state index in [4.69, 9.17) is 22.1 Å². The summed E-state index contributed by atoms with van der Waals surface area (Å²) in [6, 6.07) is 13.9. The predicted molar refractivity (Wildman–Crippen MR) is 130 cm³/mol. The number of rotatable bonds is 5. The Bertz CT molecular complexity index is 1530. The Morgan fingerprint density at radius 3 is 2.57 bits per heavy atom. The van der Waals surface area contributed by atoms with Gasteiger partial charge in [0.1, 0.15) is 11.6 Å². The Hall–Kier alpha value is -3.31. The van der Waals surface area contributed by atoms with Gasteiger partial charge in [-0.3, -0.25) is 4.79 Å². The topological polar surface area (TPSA) is 118 Å². The van der Waals surface area contributed by atoms with Crippen molar-refractivity contribution < 1.29 is 22.3 Å². The lowest BCUT2D eigenvalue weighted by Gasteiger charge is -2.27. The molecule has 0 atom stereocenters.